The molecule has 0 atom stereocenters. The molecule has 1 radical (unpaired) electrons. The molecule has 0 aliphatic rings. The lowest BCUT2D eigenvalue weighted by molar-refractivity contribution is 0.474. The summed E-state index contributed by atoms with van der Waals surface area (Å²) in [5.74, 6) is 0.0972. The van der Waals surface area contributed by atoms with Crippen molar-refractivity contribution in [3.63, 3.8) is 0 Å². The molecule has 0 bridgehead atoms. The van der Waals surface area contributed by atoms with Crippen LogP contribution in [0, 0.1) is 13.0 Å². The van der Waals surface area contributed by atoms with E-state index in [1.807, 2.05) is 6.92 Å². The molecule has 1 nitrogen and oxygen atoms in total. The molecule has 1 aromatic rings. The second-order valence-corrected chi connectivity index (χ2v) is 2.30. The molecule has 2 heteroatoms. The average Bonchev–Trinajstić information content (AvgIpc) is 1.59. The van der Waals surface area contributed by atoms with Gasteiger partial charge in [0.15, 0.2) is 0 Å². The van der Waals surface area contributed by atoms with E-state index < -0.39 is 0 Å². The number of aryl methyl sites for hydroxylation is 1. The van der Waals surface area contributed by atoms with Crippen LogP contribution in [0.25, 0.3) is 0 Å². The number of phenols is 1. The van der Waals surface area contributed by atoms with Crippen LogP contribution in [0.3, 0.4) is 0 Å². The van der Waals surface area contributed by atoms with E-state index in [2.05, 4.69) is 6.07 Å². The van der Waals surface area contributed by atoms with Gasteiger partial charge < -0.3 is 5.11 Å². The fourth-order valence-electron chi connectivity index (χ4n) is 0.652. The molecule has 0 aliphatic carbocycles. The molecular weight excluding hydrogens is 136 g/mol. The quantitative estimate of drug-likeness (QED) is 0.587. The SMILES string of the molecule is Cc1cc(O)[c]c(Cl)c1. The third-order valence-electron chi connectivity index (χ3n) is 0.966. The number of hydrogen-bond acceptors (Lipinski definition) is 1. The van der Waals surface area contributed by atoms with Gasteiger partial charge in [-0.05, 0) is 24.6 Å². The molecule has 0 unspecified atom stereocenters. The van der Waals surface area contributed by atoms with Gasteiger partial charge >= 0.3 is 0 Å². The molecule has 0 saturated carbocycles. The molecule has 47 valence electrons. The van der Waals surface area contributed by atoms with E-state index in [9.17, 15) is 0 Å². The molecular formula is C7H6ClO. The summed E-state index contributed by atoms with van der Waals surface area (Å²) in [6.07, 6.45) is 0. The Bertz CT molecular complexity index is 170. The lowest BCUT2D eigenvalue weighted by Crippen LogP contribution is -1.71. The molecule has 0 amide bonds. The number of rotatable bonds is 0. The van der Waals surface area contributed by atoms with E-state index in [1.165, 1.54) is 0 Å². The topological polar surface area (TPSA) is 20.2 Å². The molecule has 0 fully saturated rings. The van der Waals surface area contributed by atoms with E-state index in [0.29, 0.717) is 5.02 Å². The summed E-state index contributed by atoms with van der Waals surface area (Å²) in [4.78, 5) is 0. The maximum atomic E-state index is 8.85. The van der Waals surface area contributed by atoms with Crippen LogP contribution in [0.15, 0.2) is 12.1 Å². The Morgan fingerprint density at radius 3 is 2.67 bits per heavy atom. The normalized spacial score (nSPS) is 9.56. The monoisotopic (exact) mass is 141 g/mol. The Kier molecular flexibility index (Phi) is 1.63. The zero-order chi connectivity index (χ0) is 6.85. The van der Waals surface area contributed by atoms with Crippen LogP contribution in [0.2, 0.25) is 5.02 Å². The summed E-state index contributed by atoms with van der Waals surface area (Å²) in [6.45, 7) is 1.86. The Labute approximate surface area is 58.9 Å². The minimum absolute atomic E-state index is 0.0972. The van der Waals surface area contributed by atoms with Crippen molar-refractivity contribution in [1.29, 1.82) is 0 Å². The first-order chi connectivity index (χ1) is 4.18. The summed E-state index contributed by atoms with van der Waals surface area (Å²) in [7, 11) is 0. The predicted molar refractivity (Wildman–Crippen MR) is 36.7 cm³/mol. The highest BCUT2D eigenvalue weighted by molar-refractivity contribution is 6.30. The van der Waals surface area contributed by atoms with Crippen molar-refractivity contribution in [3.05, 3.63) is 28.8 Å². The van der Waals surface area contributed by atoms with Crippen molar-refractivity contribution in [2.75, 3.05) is 0 Å². The maximum absolute atomic E-state index is 8.85. The molecule has 9 heavy (non-hydrogen) atoms. The largest absolute Gasteiger partial charge is 0.507 e. The highest BCUT2D eigenvalue weighted by atomic mass is 35.5. The van der Waals surface area contributed by atoms with Crippen LogP contribution in [-0.4, -0.2) is 5.11 Å². The third-order valence-corrected chi connectivity index (χ3v) is 1.17. The lowest BCUT2D eigenvalue weighted by Gasteiger charge is -1.93. The molecule has 0 aromatic heterocycles. The van der Waals surface area contributed by atoms with Crippen molar-refractivity contribution in [3.8, 4) is 5.75 Å². The van der Waals surface area contributed by atoms with Gasteiger partial charge in [0.2, 0.25) is 0 Å². The van der Waals surface area contributed by atoms with E-state index in [4.69, 9.17) is 16.7 Å². The second-order valence-electron chi connectivity index (χ2n) is 1.89. The first kappa shape index (κ1) is 6.43. The van der Waals surface area contributed by atoms with E-state index in [-0.39, 0.29) is 5.75 Å². The third kappa shape index (κ3) is 1.61. The number of phenolic OH excluding ortho intramolecular Hbond substituents is 1. The van der Waals surface area contributed by atoms with Crippen LogP contribution in [0.4, 0.5) is 0 Å². The standard InChI is InChI=1S/C7H6ClO/c1-5-2-6(8)4-7(9)3-5/h2-3,9H,1H3. The maximum Gasteiger partial charge on any atom is 0.125 e. The van der Waals surface area contributed by atoms with E-state index >= 15 is 0 Å². The van der Waals surface area contributed by atoms with Gasteiger partial charge in [-0.3, -0.25) is 0 Å². The minimum Gasteiger partial charge on any atom is -0.507 e. The van der Waals surface area contributed by atoms with Crippen LogP contribution < -0.4 is 0 Å². The molecule has 0 saturated heterocycles. The second kappa shape index (κ2) is 2.28. The summed E-state index contributed by atoms with van der Waals surface area (Å²) >= 11 is 5.53. The number of hydrogen-bond donors (Lipinski definition) is 1. The molecule has 1 N–H and O–H groups in total. The van der Waals surface area contributed by atoms with Gasteiger partial charge in [-0.15, -0.1) is 0 Å². The predicted octanol–water partition coefficient (Wildman–Crippen LogP) is 2.15. The molecule has 0 spiro atoms. The van der Waals surface area contributed by atoms with Crippen molar-refractivity contribution in [2.24, 2.45) is 0 Å². The van der Waals surface area contributed by atoms with Crippen molar-refractivity contribution in [1.82, 2.24) is 0 Å². The Morgan fingerprint density at radius 2 is 2.22 bits per heavy atom. The Hall–Kier alpha value is -0.690. The van der Waals surface area contributed by atoms with E-state index in [0.717, 1.165) is 5.56 Å². The van der Waals surface area contributed by atoms with Gasteiger partial charge in [0.25, 0.3) is 0 Å². The summed E-state index contributed by atoms with van der Waals surface area (Å²) < 4.78 is 0. The number of benzene rings is 1. The number of aromatic hydroxyl groups is 1. The smallest absolute Gasteiger partial charge is 0.125 e. The summed E-state index contributed by atoms with van der Waals surface area (Å²) in [6, 6.07) is 5.87. The fourth-order valence-corrected chi connectivity index (χ4v) is 0.921. The van der Waals surface area contributed by atoms with Crippen LogP contribution >= 0.6 is 11.6 Å². The fraction of sp³-hybridized carbons (Fsp3) is 0.143. The lowest BCUT2D eigenvalue weighted by atomic mass is 10.2. The molecule has 0 aliphatic heterocycles. The van der Waals surface area contributed by atoms with Crippen molar-refractivity contribution >= 4 is 11.6 Å². The molecule has 1 aromatic carbocycles. The van der Waals surface area contributed by atoms with Gasteiger partial charge in [-0.2, -0.15) is 0 Å². The molecule has 1 rings (SSSR count). The van der Waals surface area contributed by atoms with Gasteiger partial charge in [0.05, 0.1) is 5.02 Å². The van der Waals surface area contributed by atoms with Crippen LogP contribution in [-0.2, 0) is 0 Å². The van der Waals surface area contributed by atoms with Gasteiger partial charge in [-0.25, -0.2) is 0 Å². The number of halogens is 1. The average molecular weight is 142 g/mol. The van der Waals surface area contributed by atoms with E-state index in [1.54, 1.807) is 12.1 Å². The van der Waals surface area contributed by atoms with Gasteiger partial charge in [0, 0.05) is 6.07 Å². The van der Waals surface area contributed by atoms with Gasteiger partial charge in [-0.1, -0.05) is 11.6 Å². The highest BCUT2D eigenvalue weighted by Gasteiger charge is 1.92. The zero-order valence-electron chi connectivity index (χ0n) is 4.98. The first-order valence-corrected chi connectivity index (χ1v) is 2.95. The summed E-state index contributed by atoms with van der Waals surface area (Å²) in [5.41, 5.74) is 0.941. The minimum atomic E-state index is 0.0972. The Morgan fingerprint density at radius 1 is 1.56 bits per heavy atom. The highest BCUT2D eigenvalue weighted by Crippen LogP contribution is 2.17. The van der Waals surface area contributed by atoms with Crippen LogP contribution in [0.5, 0.6) is 5.75 Å². The van der Waals surface area contributed by atoms with Crippen LogP contribution in [0.1, 0.15) is 5.56 Å². The summed E-state index contributed by atoms with van der Waals surface area (Å²) in [5, 5.41) is 9.31. The van der Waals surface area contributed by atoms with Crippen molar-refractivity contribution in [2.45, 2.75) is 6.92 Å². The zero-order valence-corrected chi connectivity index (χ0v) is 5.74. The van der Waals surface area contributed by atoms with Gasteiger partial charge in [0.1, 0.15) is 5.75 Å². The Balaban J connectivity index is 3.17. The molecule has 0 heterocycles. The first-order valence-electron chi connectivity index (χ1n) is 2.57. The van der Waals surface area contributed by atoms with Crippen molar-refractivity contribution < 1.29 is 5.11 Å².